The first-order chi connectivity index (χ1) is 15.2. The fraction of sp³-hybridized carbons (Fsp3) is 0. The highest BCUT2D eigenvalue weighted by atomic mass is 35.5. The van der Waals surface area contributed by atoms with Gasteiger partial charge < -0.3 is 10.6 Å². The van der Waals surface area contributed by atoms with Crippen LogP contribution in [0.5, 0.6) is 0 Å². The predicted molar refractivity (Wildman–Crippen MR) is 119 cm³/mol. The fourth-order valence-electron chi connectivity index (χ4n) is 2.73. The van der Waals surface area contributed by atoms with Crippen LogP contribution in [0.2, 0.25) is 10.0 Å². The number of anilines is 2. The van der Waals surface area contributed by atoms with E-state index >= 15 is 0 Å². The normalized spacial score (nSPS) is 10.3. The monoisotopic (exact) mass is 474 g/mol. The van der Waals surface area contributed by atoms with Crippen molar-refractivity contribution in [3.8, 4) is 0 Å². The van der Waals surface area contributed by atoms with E-state index in [1.165, 1.54) is 48.5 Å². The number of amides is 2. The molecule has 3 aromatic rings. The number of benzene rings is 3. The van der Waals surface area contributed by atoms with E-state index in [0.717, 1.165) is 12.1 Å². The number of nitrogens with zero attached hydrogens (tertiary/aromatic N) is 2. The van der Waals surface area contributed by atoms with Crippen LogP contribution in [0.15, 0.2) is 60.7 Å². The number of rotatable bonds is 6. The maximum Gasteiger partial charge on any atom is 0.282 e. The summed E-state index contributed by atoms with van der Waals surface area (Å²) in [6.45, 7) is 0. The quantitative estimate of drug-likeness (QED) is 0.365. The predicted octanol–water partition coefficient (Wildman–Crippen LogP) is 5.31. The van der Waals surface area contributed by atoms with E-state index in [9.17, 15) is 29.8 Å². The Hall–Kier alpha value is -4.02. The molecule has 32 heavy (non-hydrogen) atoms. The van der Waals surface area contributed by atoms with Crippen molar-refractivity contribution in [2.24, 2.45) is 0 Å². The minimum absolute atomic E-state index is 0.161. The maximum absolute atomic E-state index is 12.5. The lowest BCUT2D eigenvalue weighted by Crippen LogP contribution is -2.15. The van der Waals surface area contributed by atoms with Crippen molar-refractivity contribution in [3.05, 3.63) is 102 Å². The Labute approximate surface area is 190 Å². The molecule has 0 spiro atoms. The summed E-state index contributed by atoms with van der Waals surface area (Å²) in [7, 11) is 0. The third-order valence-corrected chi connectivity index (χ3v) is 4.67. The standard InChI is InChI=1S/C20H12Cl2N4O6/c21-11-1-7-17(25(29)30)15(9-11)19(27)23-13-3-5-14(6-4-13)24-20(28)16-10-12(22)2-8-18(16)26(31)32/h1-10H,(H,23,27)(H,24,28). The molecule has 0 fully saturated rings. The number of nitro groups is 2. The highest BCUT2D eigenvalue weighted by Crippen LogP contribution is 2.26. The second kappa shape index (κ2) is 9.41. The van der Waals surface area contributed by atoms with Gasteiger partial charge in [-0.05, 0) is 48.5 Å². The smallest absolute Gasteiger partial charge is 0.282 e. The molecule has 0 heterocycles. The van der Waals surface area contributed by atoms with E-state index in [1.54, 1.807) is 0 Å². The van der Waals surface area contributed by atoms with Crippen LogP contribution < -0.4 is 10.6 Å². The molecule has 3 rings (SSSR count). The number of hydrogen-bond donors (Lipinski definition) is 2. The number of carbonyl (C=O) groups excluding carboxylic acids is 2. The van der Waals surface area contributed by atoms with Gasteiger partial charge in [0.25, 0.3) is 23.2 Å². The molecule has 0 aliphatic rings. The van der Waals surface area contributed by atoms with Gasteiger partial charge in [-0.2, -0.15) is 0 Å². The molecule has 0 atom stereocenters. The van der Waals surface area contributed by atoms with E-state index in [1.807, 2.05) is 0 Å². The molecule has 10 nitrogen and oxygen atoms in total. The number of nitrogens with one attached hydrogen (secondary N) is 2. The molecule has 0 radical (unpaired) electrons. The Morgan fingerprint density at radius 2 is 1.00 bits per heavy atom. The van der Waals surface area contributed by atoms with Crippen molar-refractivity contribution in [2.45, 2.75) is 0 Å². The molecule has 0 saturated carbocycles. The lowest BCUT2D eigenvalue weighted by atomic mass is 10.1. The van der Waals surface area contributed by atoms with Crippen LogP contribution in [0.25, 0.3) is 0 Å². The molecule has 0 bridgehead atoms. The van der Waals surface area contributed by atoms with Gasteiger partial charge in [-0.1, -0.05) is 23.2 Å². The maximum atomic E-state index is 12.5. The molecule has 0 aliphatic carbocycles. The third-order valence-electron chi connectivity index (χ3n) is 4.20. The van der Waals surface area contributed by atoms with Gasteiger partial charge in [0.2, 0.25) is 0 Å². The summed E-state index contributed by atoms with van der Waals surface area (Å²) in [5, 5.41) is 27.6. The molecule has 0 aromatic heterocycles. The van der Waals surface area contributed by atoms with Gasteiger partial charge in [0, 0.05) is 33.6 Å². The van der Waals surface area contributed by atoms with Crippen molar-refractivity contribution < 1.29 is 19.4 Å². The largest absolute Gasteiger partial charge is 0.322 e. The summed E-state index contributed by atoms with van der Waals surface area (Å²) >= 11 is 11.7. The van der Waals surface area contributed by atoms with E-state index in [-0.39, 0.29) is 32.5 Å². The van der Waals surface area contributed by atoms with Gasteiger partial charge in [0.05, 0.1) is 9.85 Å². The second-order valence-corrected chi connectivity index (χ2v) is 7.20. The van der Waals surface area contributed by atoms with Crippen LogP contribution in [0.4, 0.5) is 22.7 Å². The minimum Gasteiger partial charge on any atom is -0.322 e. The van der Waals surface area contributed by atoms with Crippen LogP contribution in [0.1, 0.15) is 20.7 Å². The molecule has 12 heteroatoms. The van der Waals surface area contributed by atoms with E-state index < -0.39 is 33.0 Å². The lowest BCUT2D eigenvalue weighted by molar-refractivity contribution is -0.385. The van der Waals surface area contributed by atoms with Crippen molar-refractivity contribution in [1.82, 2.24) is 0 Å². The van der Waals surface area contributed by atoms with Crippen molar-refractivity contribution >= 4 is 57.8 Å². The number of halogens is 2. The average Bonchev–Trinajstić information content (AvgIpc) is 2.74. The fourth-order valence-corrected chi connectivity index (χ4v) is 3.08. The Bertz CT molecular complexity index is 1150. The van der Waals surface area contributed by atoms with Gasteiger partial charge in [-0.25, -0.2) is 0 Å². The van der Waals surface area contributed by atoms with Crippen LogP contribution in [0.3, 0.4) is 0 Å². The zero-order valence-electron chi connectivity index (χ0n) is 15.9. The van der Waals surface area contributed by atoms with Crippen molar-refractivity contribution in [1.29, 1.82) is 0 Å². The van der Waals surface area contributed by atoms with Gasteiger partial charge in [-0.3, -0.25) is 29.8 Å². The summed E-state index contributed by atoms with van der Waals surface area (Å²) in [6, 6.07) is 13.0. The Balaban J connectivity index is 1.75. The number of hydrogen-bond acceptors (Lipinski definition) is 6. The lowest BCUT2D eigenvalue weighted by Gasteiger charge is -2.09. The van der Waals surface area contributed by atoms with Gasteiger partial charge in [0.1, 0.15) is 11.1 Å². The number of carbonyl (C=O) groups is 2. The summed E-state index contributed by atoms with van der Waals surface area (Å²) < 4.78 is 0. The van der Waals surface area contributed by atoms with Crippen LogP contribution in [0, 0.1) is 20.2 Å². The highest BCUT2D eigenvalue weighted by molar-refractivity contribution is 6.31. The first-order valence-corrected chi connectivity index (χ1v) is 9.52. The molecule has 2 amide bonds. The zero-order valence-corrected chi connectivity index (χ0v) is 17.4. The Morgan fingerprint density at radius 1 is 0.656 bits per heavy atom. The molecule has 0 aliphatic heterocycles. The van der Waals surface area contributed by atoms with E-state index in [4.69, 9.17) is 23.2 Å². The molecular weight excluding hydrogens is 463 g/mol. The first-order valence-electron chi connectivity index (χ1n) is 8.76. The van der Waals surface area contributed by atoms with Crippen LogP contribution in [-0.4, -0.2) is 21.7 Å². The van der Waals surface area contributed by atoms with Crippen molar-refractivity contribution in [3.63, 3.8) is 0 Å². The molecule has 0 unspecified atom stereocenters. The summed E-state index contributed by atoms with van der Waals surface area (Å²) in [5.74, 6) is -1.49. The third kappa shape index (κ3) is 5.17. The summed E-state index contributed by atoms with van der Waals surface area (Å²) in [6.07, 6.45) is 0. The zero-order chi connectivity index (χ0) is 23.4. The van der Waals surface area contributed by atoms with Gasteiger partial charge >= 0.3 is 0 Å². The Morgan fingerprint density at radius 3 is 1.31 bits per heavy atom. The SMILES string of the molecule is O=C(Nc1ccc(NC(=O)c2cc(Cl)ccc2[N+](=O)[O-])cc1)c1cc(Cl)ccc1[N+](=O)[O-]. The average molecular weight is 475 g/mol. The molecule has 2 N–H and O–H groups in total. The van der Waals surface area contributed by atoms with E-state index in [2.05, 4.69) is 10.6 Å². The molecule has 3 aromatic carbocycles. The number of nitro benzene ring substituents is 2. The summed E-state index contributed by atoms with van der Waals surface area (Å²) in [4.78, 5) is 45.8. The highest BCUT2D eigenvalue weighted by Gasteiger charge is 2.22. The summed E-state index contributed by atoms with van der Waals surface area (Å²) in [5.41, 5.74) is -0.661. The molecule has 162 valence electrons. The second-order valence-electron chi connectivity index (χ2n) is 6.32. The molecule has 0 saturated heterocycles. The van der Waals surface area contributed by atoms with E-state index in [0.29, 0.717) is 0 Å². The molecular formula is C20H12Cl2N4O6. The van der Waals surface area contributed by atoms with Crippen LogP contribution in [-0.2, 0) is 0 Å². The first kappa shape index (κ1) is 22.7. The topological polar surface area (TPSA) is 144 Å². The Kier molecular flexibility index (Phi) is 6.67. The van der Waals surface area contributed by atoms with Gasteiger partial charge in [-0.15, -0.1) is 0 Å². The van der Waals surface area contributed by atoms with Gasteiger partial charge in [0.15, 0.2) is 0 Å². The minimum atomic E-state index is -0.745. The van der Waals surface area contributed by atoms with Crippen LogP contribution >= 0.6 is 23.2 Å². The van der Waals surface area contributed by atoms with Crippen molar-refractivity contribution in [2.75, 3.05) is 10.6 Å².